The van der Waals surface area contributed by atoms with Gasteiger partial charge in [0.2, 0.25) is 5.91 Å². The topological polar surface area (TPSA) is 88.9 Å². The average molecular weight is 414 g/mol. The first-order valence-electron chi connectivity index (χ1n) is 8.94. The molecule has 144 valence electrons. The summed E-state index contributed by atoms with van der Waals surface area (Å²) in [6.45, 7) is 0. The minimum absolute atomic E-state index is 0.0854. The van der Waals surface area contributed by atoms with Crippen molar-refractivity contribution < 1.29 is 9.59 Å². The maximum absolute atomic E-state index is 12.1. The number of imide groups is 1. The number of carbonyl (C=O) groups excluding carboxylic acids is 2. The largest absolute Gasteiger partial charge is 0.335 e. The molecule has 2 aromatic heterocycles. The zero-order valence-electron chi connectivity index (χ0n) is 15.0. The van der Waals surface area contributed by atoms with Crippen LogP contribution in [0.5, 0.6) is 0 Å². The highest BCUT2D eigenvalue weighted by atomic mass is 32.2. The van der Waals surface area contributed by atoms with Crippen molar-refractivity contribution in [3.05, 3.63) is 58.5 Å². The number of nitrogens with zero attached hydrogens (tertiary/aromatic N) is 3. The highest BCUT2D eigenvalue weighted by molar-refractivity contribution is 7.99. The van der Waals surface area contributed by atoms with Crippen molar-refractivity contribution >= 4 is 35.0 Å². The van der Waals surface area contributed by atoms with E-state index in [0.29, 0.717) is 11.6 Å². The van der Waals surface area contributed by atoms with Gasteiger partial charge < -0.3 is 5.32 Å². The van der Waals surface area contributed by atoms with E-state index in [1.165, 1.54) is 16.6 Å². The van der Waals surface area contributed by atoms with Crippen LogP contribution in [0, 0.1) is 0 Å². The van der Waals surface area contributed by atoms with E-state index in [1.54, 1.807) is 11.3 Å². The van der Waals surface area contributed by atoms with Gasteiger partial charge in [0.1, 0.15) is 5.82 Å². The summed E-state index contributed by atoms with van der Waals surface area (Å²) in [6.07, 6.45) is 2.61. The Hall–Kier alpha value is -2.65. The molecule has 2 N–H and O–H groups in total. The Morgan fingerprint density at radius 3 is 2.68 bits per heavy atom. The highest BCUT2D eigenvalue weighted by Gasteiger charge is 2.24. The van der Waals surface area contributed by atoms with E-state index < -0.39 is 6.03 Å². The number of thiophene rings is 1. The van der Waals surface area contributed by atoms with Crippen molar-refractivity contribution in [2.24, 2.45) is 0 Å². The molecule has 0 aliphatic heterocycles. The van der Waals surface area contributed by atoms with Gasteiger partial charge in [-0.05, 0) is 36.4 Å². The summed E-state index contributed by atoms with van der Waals surface area (Å²) in [6, 6.07) is 13.7. The van der Waals surface area contributed by atoms with Gasteiger partial charge in [-0.1, -0.05) is 36.0 Å². The first-order chi connectivity index (χ1) is 13.7. The molecule has 1 aromatic carbocycles. The average Bonchev–Trinajstić information content (AvgIpc) is 3.19. The van der Waals surface area contributed by atoms with Gasteiger partial charge in [0.05, 0.1) is 5.75 Å². The van der Waals surface area contributed by atoms with Gasteiger partial charge >= 0.3 is 6.03 Å². The SMILES string of the molecule is O=C(CSc1nnc(Cc2cccs2)n1-c1ccccc1)NC(=O)NC1CC1. The third-order valence-electron chi connectivity index (χ3n) is 4.13. The lowest BCUT2D eigenvalue weighted by atomic mass is 10.3. The second kappa shape index (κ2) is 8.57. The molecular formula is C19H19N5O2S2. The summed E-state index contributed by atoms with van der Waals surface area (Å²) < 4.78 is 1.96. The van der Waals surface area contributed by atoms with Crippen LogP contribution in [0.4, 0.5) is 4.79 Å². The van der Waals surface area contributed by atoms with Crippen molar-refractivity contribution in [1.29, 1.82) is 0 Å². The Bertz CT molecular complexity index is 952. The van der Waals surface area contributed by atoms with E-state index in [0.717, 1.165) is 24.4 Å². The third-order valence-corrected chi connectivity index (χ3v) is 5.93. The molecule has 1 fully saturated rings. The van der Waals surface area contributed by atoms with Gasteiger partial charge in [-0.25, -0.2) is 4.79 Å². The lowest BCUT2D eigenvalue weighted by Gasteiger charge is -2.10. The summed E-state index contributed by atoms with van der Waals surface area (Å²) >= 11 is 2.93. The standard InChI is InChI=1S/C19H19N5O2S2/c25-17(21-18(26)20-13-8-9-13)12-28-19-23-22-16(11-15-7-4-10-27-15)24(19)14-5-2-1-3-6-14/h1-7,10,13H,8-9,11-12H2,(H2,20,21,25,26). The van der Waals surface area contributed by atoms with E-state index in [2.05, 4.69) is 26.9 Å². The number of carbonyl (C=O) groups is 2. The van der Waals surface area contributed by atoms with Gasteiger partial charge in [0.15, 0.2) is 5.16 Å². The number of benzene rings is 1. The monoisotopic (exact) mass is 413 g/mol. The molecule has 0 spiro atoms. The number of hydrogen-bond donors (Lipinski definition) is 2. The van der Waals surface area contributed by atoms with E-state index >= 15 is 0 Å². The normalized spacial score (nSPS) is 13.3. The first kappa shape index (κ1) is 18.7. The van der Waals surface area contributed by atoms with Crippen molar-refractivity contribution in [2.45, 2.75) is 30.5 Å². The molecule has 0 bridgehead atoms. The lowest BCUT2D eigenvalue weighted by Crippen LogP contribution is -2.41. The van der Waals surface area contributed by atoms with Crippen LogP contribution in [0.2, 0.25) is 0 Å². The van der Waals surface area contributed by atoms with Crippen molar-refractivity contribution in [3.63, 3.8) is 0 Å². The molecule has 0 unspecified atom stereocenters. The predicted octanol–water partition coefficient (Wildman–Crippen LogP) is 3.00. The fourth-order valence-electron chi connectivity index (χ4n) is 2.66. The van der Waals surface area contributed by atoms with Gasteiger partial charge in [-0.3, -0.25) is 14.7 Å². The zero-order chi connectivity index (χ0) is 19.3. The van der Waals surface area contributed by atoms with E-state index in [9.17, 15) is 9.59 Å². The van der Waals surface area contributed by atoms with Crippen LogP contribution in [-0.2, 0) is 11.2 Å². The lowest BCUT2D eigenvalue weighted by molar-refractivity contribution is -0.117. The van der Waals surface area contributed by atoms with Crippen molar-refractivity contribution in [3.8, 4) is 5.69 Å². The molecule has 1 aliphatic carbocycles. The molecule has 4 rings (SSSR count). The molecule has 1 saturated carbocycles. The summed E-state index contributed by atoms with van der Waals surface area (Å²) in [5.41, 5.74) is 0.938. The number of nitrogens with one attached hydrogen (secondary N) is 2. The summed E-state index contributed by atoms with van der Waals surface area (Å²) in [4.78, 5) is 25.0. The van der Waals surface area contributed by atoms with Crippen LogP contribution >= 0.6 is 23.1 Å². The third kappa shape index (κ3) is 4.79. The van der Waals surface area contributed by atoms with Crippen molar-refractivity contribution in [2.75, 3.05) is 5.75 Å². The van der Waals surface area contributed by atoms with Gasteiger partial charge in [-0.15, -0.1) is 21.5 Å². The number of urea groups is 1. The number of hydrogen-bond acceptors (Lipinski definition) is 6. The van der Waals surface area contributed by atoms with Crippen LogP contribution in [-0.4, -0.2) is 38.5 Å². The van der Waals surface area contributed by atoms with Crippen LogP contribution in [0.3, 0.4) is 0 Å². The molecule has 9 heteroatoms. The van der Waals surface area contributed by atoms with Crippen LogP contribution < -0.4 is 10.6 Å². The van der Waals surface area contributed by atoms with Crippen LogP contribution in [0.25, 0.3) is 5.69 Å². The van der Waals surface area contributed by atoms with Crippen LogP contribution in [0.1, 0.15) is 23.5 Å². The number of aromatic nitrogens is 3. The Morgan fingerprint density at radius 1 is 1.14 bits per heavy atom. The zero-order valence-corrected chi connectivity index (χ0v) is 16.6. The summed E-state index contributed by atoms with van der Waals surface area (Å²) in [7, 11) is 0. The molecule has 2 heterocycles. The van der Waals surface area contributed by atoms with E-state index in [1.807, 2.05) is 46.3 Å². The van der Waals surface area contributed by atoms with Crippen LogP contribution in [0.15, 0.2) is 53.0 Å². The van der Waals surface area contributed by atoms with Gasteiger partial charge in [0.25, 0.3) is 0 Å². The smallest absolute Gasteiger partial charge is 0.321 e. The Balaban J connectivity index is 1.47. The number of rotatable bonds is 7. The molecule has 3 amide bonds. The molecular weight excluding hydrogens is 394 g/mol. The molecule has 3 aromatic rings. The van der Waals surface area contributed by atoms with Crippen molar-refractivity contribution in [1.82, 2.24) is 25.4 Å². The second-order valence-corrected chi connectivity index (χ2v) is 8.39. The summed E-state index contributed by atoms with van der Waals surface area (Å²) in [5, 5.41) is 16.4. The highest BCUT2D eigenvalue weighted by Crippen LogP contribution is 2.24. The molecule has 7 nitrogen and oxygen atoms in total. The fourth-order valence-corrected chi connectivity index (χ4v) is 4.13. The predicted molar refractivity (Wildman–Crippen MR) is 109 cm³/mol. The fraction of sp³-hybridized carbons (Fsp3) is 0.263. The quantitative estimate of drug-likeness (QED) is 0.581. The molecule has 0 saturated heterocycles. The maximum atomic E-state index is 12.1. The first-order valence-corrected chi connectivity index (χ1v) is 10.8. The molecule has 0 atom stereocenters. The number of amides is 3. The Morgan fingerprint density at radius 2 is 1.96 bits per heavy atom. The number of para-hydroxylation sites is 1. The molecule has 0 radical (unpaired) electrons. The van der Waals surface area contributed by atoms with Gasteiger partial charge in [0, 0.05) is 23.0 Å². The summed E-state index contributed by atoms with van der Waals surface area (Å²) in [5.74, 6) is 0.538. The number of thioether (sulfide) groups is 1. The molecule has 1 aliphatic rings. The maximum Gasteiger partial charge on any atom is 0.321 e. The minimum atomic E-state index is -0.434. The van der Waals surface area contributed by atoms with Gasteiger partial charge in [-0.2, -0.15) is 0 Å². The van der Waals surface area contributed by atoms with E-state index in [4.69, 9.17) is 0 Å². The Labute approximate surface area is 170 Å². The van der Waals surface area contributed by atoms with E-state index in [-0.39, 0.29) is 17.7 Å². The second-order valence-electron chi connectivity index (χ2n) is 6.41. The molecule has 28 heavy (non-hydrogen) atoms. The Kier molecular flexibility index (Phi) is 5.73. The minimum Gasteiger partial charge on any atom is -0.335 e.